The second-order valence-corrected chi connectivity index (χ2v) is 6.61. The Morgan fingerprint density at radius 1 is 1.35 bits per heavy atom. The highest BCUT2D eigenvalue weighted by Gasteiger charge is 2.45. The van der Waals surface area contributed by atoms with Crippen LogP contribution in [0, 0.1) is 16.7 Å². The van der Waals surface area contributed by atoms with Crippen LogP contribution in [0.15, 0.2) is 0 Å². The van der Waals surface area contributed by atoms with Gasteiger partial charge in [0.2, 0.25) is 5.91 Å². The van der Waals surface area contributed by atoms with Gasteiger partial charge in [0, 0.05) is 13.0 Å². The Morgan fingerprint density at radius 3 is 2.29 bits per heavy atom. The first-order valence-electron chi connectivity index (χ1n) is 6.11. The van der Waals surface area contributed by atoms with Crippen LogP contribution in [0.25, 0.3) is 0 Å². The van der Waals surface area contributed by atoms with Crippen molar-refractivity contribution in [1.29, 1.82) is 0 Å². The van der Waals surface area contributed by atoms with Gasteiger partial charge in [-0.15, -0.1) is 0 Å². The van der Waals surface area contributed by atoms with Crippen molar-refractivity contribution in [2.24, 2.45) is 16.7 Å². The van der Waals surface area contributed by atoms with Crippen LogP contribution in [0.4, 0.5) is 0 Å². The number of hydrogen-bond acceptors (Lipinski definition) is 2. The Bertz CT molecular complexity index is 321. The van der Waals surface area contributed by atoms with Gasteiger partial charge in [0.25, 0.3) is 0 Å². The minimum Gasteiger partial charge on any atom is -0.481 e. The molecule has 0 aromatic carbocycles. The number of carbonyl (C=O) groups is 2. The molecule has 1 unspecified atom stereocenters. The molecule has 1 aliphatic carbocycles. The summed E-state index contributed by atoms with van der Waals surface area (Å²) in [5, 5.41) is 11.6. The molecule has 0 aliphatic heterocycles. The van der Waals surface area contributed by atoms with Crippen molar-refractivity contribution in [3.63, 3.8) is 0 Å². The number of rotatable bonds is 6. The van der Waals surface area contributed by atoms with E-state index in [1.165, 1.54) is 0 Å². The summed E-state index contributed by atoms with van der Waals surface area (Å²) in [6.45, 7) is 8.72. The summed E-state index contributed by atoms with van der Waals surface area (Å²) in [5.74, 6) is -0.320. The lowest BCUT2D eigenvalue weighted by atomic mass is 9.85. The number of aliphatic carboxylic acids is 1. The molecule has 0 aromatic rings. The van der Waals surface area contributed by atoms with Crippen LogP contribution < -0.4 is 5.32 Å². The van der Waals surface area contributed by atoms with E-state index in [1.807, 2.05) is 13.8 Å². The lowest BCUT2D eigenvalue weighted by Crippen LogP contribution is -2.31. The maximum Gasteiger partial charge on any atom is 0.303 e. The van der Waals surface area contributed by atoms with Gasteiger partial charge in [-0.05, 0) is 23.2 Å². The molecule has 17 heavy (non-hydrogen) atoms. The van der Waals surface area contributed by atoms with Gasteiger partial charge in [0.05, 0.1) is 6.42 Å². The third kappa shape index (κ3) is 4.75. The molecule has 1 rings (SSSR count). The van der Waals surface area contributed by atoms with Crippen molar-refractivity contribution in [3.05, 3.63) is 0 Å². The summed E-state index contributed by atoms with van der Waals surface area (Å²) in [6, 6.07) is 0. The molecule has 0 heterocycles. The summed E-state index contributed by atoms with van der Waals surface area (Å²) in [6.07, 6.45) is 1.45. The molecule has 1 amide bonds. The lowest BCUT2D eigenvalue weighted by Gasteiger charge is -2.21. The smallest absolute Gasteiger partial charge is 0.303 e. The second-order valence-electron chi connectivity index (χ2n) is 6.61. The zero-order chi connectivity index (χ0) is 13.3. The predicted molar refractivity (Wildman–Crippen MR) is 65.5 cm³/mol. The highest BCUT2D eigenvalue weighted by atomic mass is 16.4. The van der Waals surface area contributed by atoms with Crippen LogP contribution in [-0.2, 0) is 9.59 Å². The fourth-order valence-corrected chi connectivity index (χ4v) is 2.13. The van der Waals surface area contributed by atoms with E-state index in [0.717, 1.165) is 13.0 Å². The molecule has 0 spiro atoms. The van der Waals surface area contributed by atoms with E-state index in [4.69, 9.17) is 5.11 Å². The zero-order valence-corrected chi connectivity index (χ0v) is 11.2. The van der Waals surface area contributed by atoms with Gasteiger partial charge in [-0.25, -0.2) is 0 Å². The zero-order valence-electron chi connectivity index (χ0n) is 11.2. The largest absolute Gasteiger partial charge is 0.481 e. The van der Waals surface area contributed by atoms with Crippen molar-refractivity contribution in [2.45, 2.75) is 47.0 Å². The molecule has 1 saturated carbocycles. The van der Waals surface area contributed by atoms with Gasteiger partial charge in [-0.3, -0.25) is 9.59 Å². The monoisotopic (exact) mass is 241 g/mol. The predicted octanol–water partition coefficient (Wildman–Crippen LogP) is 2.04. The Hall–Kier alpha value is -1.06. The van der Waals surface area contributed by atoms with Gasteiger partial charge >= 0.3 is 5.97 Å². The summed E-state index contributed by atoms with van der Waals surface area (Å²) < 4.78 is 0. The van der Waals surface area contributed by atoms with Crippen LogP contribution in [0.2, 0.25) is 0 Å². The average molecular weight is 241 g/mol. The first-order valence-corrected chi connectivity index (χ1v) is 6.11. The number of amides is 1. The van der Waals surface area contributed by atoms with E-state index in [-0.39, 0.29) is 18.7 Å². The lowest BCUT2D eigenvalue weighted by molar-refractivity contribution is -0.139. The van der Waals surface area contributed by atoms with Crippen molar-refractivity contribution in [1.82, 2.24) is 5.32 Å². The Kier molecular flexibility index (Phi) is 3.84. The highest BCUT2D eigenvalue weighted by Crippen LogP contribution is 2.50. The molecular weight excluding hydrogens is 218 g/mol. The number of carboxylic acids is 1. The summed E-state index contributed by atoms with van der Waals surface area (Å²) in [7, 11) is 0. The van der Waals surface area contributed by atoms with Crippen molar-refractivity contribution < 1.29 is 14.7 Å². The van der Waals surface area contributed by atoms with Crippen LogP contribution in [-0.4, -0.2) is 23.5 Å². The second kappa shape index (κ2) is 4.67. The molecule has 0 bridgehead atoms. The van der Waals surface area contributed by atoms with E-state index in [2.05, 4.69) is 19.2 Å². The molecule has 1 atom stereocenters. The molecule has 0 aromatic heterocycles. The molecule has 1 fully saturated rings. The van der Waals surface area contributed by atoms with Gasteiger partial charge in [-0.2, -0.15) is 0 Å². The highest BCUT2D eigenvalue weighted by molar-refractivity contribution is 5.77. The van der Waals surface area contributed by atoms with Crippen molar-refractivity contribution >= 4 is 11.9 Å². The Labute approximate surface area is 103 Å². The van der Waals surface area contributed by atoms with E-state index in [9.17, 15) is 9.59 Å². The van der Waals surface area contributed by atoms with Crippen LogP contribution in [0.5, 0.6) is 0 Å². The Balaban J connectivity index is 2.27. The third-order valence-electron chi connectivity index (χ3n) is 3.53. The van der Waals surface area contributed by atoms with Crippen molar-refractivity contribution in [3.8, 4) is 0 Å². The van der Waals surface area contributed by atoms with Gasteiger partial charge in [0.15, 0.2) is 0 Å². The van der Waals surface area contributed by atoms with E-state index in [0.29, 0.717) is 11.3 Å². The normalized spacial score (nSPS) is 22.0. The topological polar surface area (TPSA) is 66.4 Å². The van der Waals surface area contributed by atoms with Crippen LogP contribution >= 0.6 is 0 Å². The molecule has 2 N–H and O–H groups in total. The first-order chi connectivity index (χ1) is 7.62. The fraction of sp³-hybridized carbons (Fsp3) is 0.846. The molecule has 1 aliphatic rings. The quantitative estimate of drug-likeness (QED) is 0.748. The number of hydrogen-bond donors (Lipinski definition) is 2. The van der Waals surface area contributed by atoms with E-state index >= 15 is 0 Å². The number of carbonyl (C=O) groups excluding carboxylic acids is 1. The third-order valence-corrected chi connectivity index (χ3v) is 3.53. The van der Waals surface area contributed by atoms with Crippen LogP contribution in [0.1, 0.15) is 47.0 Å². The SMILES string of the molecule is CC(C)(CC(=O)O)CC(=O)NCC1CC1(C)C. The molecule has 98 valence electrons. The molecule has 4 nitrogen and oxygen atoms in total. The molecular formula is C13H23NO3. The standard InChI is InChI=1S/C13H23NO3/c1-12(2,7-11(16)17)6-10(15)14-8-9-5-13(9,3)4/h9H,5-8H2,1-4H3,(H,14,15)(H,16,17). The fourth-order valence-electron chi connectivity index (χ4n) is 2.13. The summed E-state index contributed by atoms with van der Waals surface area (Å²) in [4.78, 5) is 22.3. The summed E-state index contributed by atoms with van der Waals surface area (Å²) >= 11 is 0. The molecule has 0 radical (unpaired) electrons. The van der Waals surface area contributed by atoms with Gasteiger partial charge < -0.3 is 10.4 Å². The molecule has 4 heteroatoms. The maximum absolute atomic E-state index is 11.7. The van der Waals surface area contributed by atoms with Crippen molar-refractivity contribution in [2.75, 3.05) is 6.54 Å². The van der Waals surface area contributed by atoms with Crippen LogP contribution in [0.3, 0.4) is 0 Å². The minimum atomic E-state index is -0.855. The maximum atomic E-state index is 11.7. The van der Waals surface area contributed by atoms with Gasteiger partial charge in [-0.1, -0.05) is 27.7 Å². The number of carboxylic acid groups (broad SMARTS) is 1. The minimum absolute atomic E-state index is 0.0232. The first kappa shape index (κ1) is 14.0. The van der Waals surface area contributed by atoms with Gasteiger partial charge in [0.1, 0.15) is 0 Å². The Morgan fingerprint density at radius 2 is 1.88 bits per heavy atom. The average Bonchev–Trinajstić information content (AvgIpc) is 2.67. The molecule has 0 saturated heterocycles. The van der Waals surface area contributed by atoms with E-state index < -0.39 is 11.4 Å². The van der Waals surface area contributed by atoms with E-state index in [1.54, 1.807) is 0 Å². The summed E-state index contributed by atoms with van der Waals surface area (Å²) in [5.41, 5.74) is -0.112. The number of nitrogens with one attached hydrogen (secondary N) is 1.